The van der Waals surface area contributed by atoms with Crippen LogP contribution in [-0.4, -0.2) is 64.7 Å². The first kappa shape index (κ1) is 23.0. The molecule has 160 valence electrons. The number of carbonyl (C=O) groups is 2. The molecule has 1 heterocycles. The lowest BCUT2D eigenvalue weighted by molar-refractivity contribution is -0.150. The maximum Gasteiger partial charge on any atom is 0.252 e. The van der Waals surface area contributed by atoms with Gasteiger partial charge in [-0.25, -0.2) is 0 Å². The molecule has 0 saturated heterocycles. The number of methoxy groups -OCH3 is 1. The van der Waals surface area contributed by atoms with Gasteiger partial charge in [0.15, 0.2) is 6.10 Å². The molecule has 0 fully saturated rings. The minimum absolute atomic E-state index is 0.228. The number of para-hydroxylation sites is 1. The van der Waals surface area contributed by atoms with Crippen molar-refractivity contribution in [2.24, 2.45) is 5.41 Å². The van der Waals surface area contributed by atoms with E-state index in [-0.39, 0.29) is 11.3 Å². The number of carbonyl (C=O) groups excluding carboxylic acids is 2. The second-order valence-corrected chi connectivity index (χ2v) is 8.26. The fourth-order valence-electron chi connectivity index (χ4n) is 3.01. The summed E-state index contributed by atoms with van der Waals surface area (Å²) in [7, 11) is 1.20. The number of hydrogen-bond donors (Lipinski definition) is 5. The molecule has 29 heavy (non-hydrogen) atoms. The molecule has 0 radical (unpaired) electrons. The highest BCUT2D eigenvalue weighted by molar-refractivity contribution is 6.00. The number of aliphatic hydroxyl groups excluding tert-OH is 3. The third-order valence-electron chi connectivity index (χ3n) is 4.65. The Morgan fingerprint density at radius 3 is 2.52 bits per heavy atom. The van der Waals surface area contributed by atoms with Crippen molar-refractivity contribution in [3.8, 4) is 0 Å². The van der Waals surface area contributed by atoms with Gasteiger partial charge in [-0.2, -0.15) is 0 Å². The summed E-state index contributed by atoms with van der Waals surface area (Å²) in [6.07, 6.45) is -2.85. The number of anilines is 1. The maximum atomic E-state index is 12.6. The van der Waals surface area contributed by atoms with Crippen LogP contribution in [-0.2, 0) is 20.7 Å². The molecular weight excluding hydrogens is 376 g/mol. The van der Waals surface area contributed by atoms with Crippen LogP contribution in [0.25, 0.3) is 0 Å². The van der Waals surface area contributed by atoms with Gasteiger partial charge in [0.2, 0.25) is 5.91 Å². The largest absolute Gasteiger partial charge is 0.387 e. The molecule has 0 aromatic heterocycles. The SMILES string of the molecule is CO[C@@H](C(=O)NC1Cc2ccccc2NC1=O)[C@H](O)[C@@H](O)[C@H](O)/C=C/C(C)(C)C. The van der Waals surface area contributed by atoms with E-state index in [0.29, 0.717) is 12.1 Å². The summed E-state index contributed by atoms with van der Waals surface area (Å²) < 4.78 is 5.05. The van der Waals surface area contributed by atoms with Gasteiger partial charge >= 0.3 is 0 Å². The summed E-state index contributed by atoms with van der Waals surface area (Å²) in [5, 5.41) is 36.0. The van der Waals surface area contributed by atoms with Gasteiger partial charge in [-0.05, 0) is 17.0 Å². The predicted octanol–water partition coefficient (Wildman–Crippen LogP) is 0.366. The minimum Gasteiger partial charge on any atom is -0.387 e. The van der Waals surface area contributed by atoms with E-state index in [0.717, 1.165) is 5.56 Å². The Kier molecular flexibility index (Phi) is 7.54. The van der Waals surface area contributed by atoms with Gasteiger partial charge in [0, 0.05) is 19.2 Å². The van der Waals surface area contributed by atoms with E-state index in [9.17, 15) is 24.9 Å². The van der Waals surface area contributed by atoms with E-state index < -0.39 is 36.4 Å². The van der Waals surface area contributed by atoms with Gasteiger partial charge in [-0.15, -0.1) is 0 Å². The average molecular weight is 406 g/mol. The molecule has 0 saturated carbocycles. The Hall–Kier alpha value is -2.26. The zero-order valence-corrected chi connectivity index (χ0v) is 17.1. The van der Waals surface area contributed by atoms with Crippen LogP contribution in [0.5, 0.6) is 0 Å². The van der Waals surface area contributed by atoms with Crippen LogP contribution < -0.4 is 10.6 Å². The van der Waals surface area contributed by atoms with E-state index in [1.54, 1.807) is 18.2 Å². The molecule has 1 aliphatic heterocycles. The van der Waals surface area contributed by atoms with Crippen LogP contribution in [0.2, 0.25) is 0 Å². The predicted molar refractivity (Wildman–Crippen MR) is 108 cm³/mol. The number of rotatable bonds is 7. The highest BCUT2D eigenvalue weighted by atomic mass is 16.5. The quantitative estimate of drug-likeness (QED) is 0.416. The molecular formula is C21H30N2O6. The molecule has 5 atom stereocenters. The van der Waals surface area contributed by atoms with Crippen molar-refractivity contribution in [2.75, 3.05) is 12.4 Å². The summed E-state index contributed by atoms with van der Waals surface area (Å²) in [6.45, 7) is 5.74. The Balaban J connectivity index is 2.04. The van der Waals surface area contributed by atoms with Crippen molar-refractivity contribution in [3.63, 3.8) is 0 Å². The van der Waals surface area contributed by atoms with Crippen LogP contribution in [0.3, 0.4) is 0 Å². The lowest BCUT2D eigenvalue weighted by atomic mass is 9.93. The standard InChI is InChI=1S/C21H30N2O6/c1-21(2,3)10-9-15(24)16(25)17(26)18(29-4)20(28)23-14-11-12-7-5-6-8-13(12)22-19(14)27/h5-10,14-18,24-26H,11H2,1-4H3,(H,22,27)(H,23,28)/b10-9+/t14?,15-,16+,17-,18-/m1/s1. The Bertz CT molecular complexity index is 758. The number of aliphatic hydroxyl groups is 3. The zero-order chi connectivity index (χ0) is 21.8. The summed E-state index contributed by atoms with van der Waals surface area (Å²) in [5.74, 6) is -1.14. The monoisotopic (exact) mass is 406 g/mol. The van der Waals surface area contributed by atoms with Gasteiger partial charge in [-0.1, -0.05) is 51.1 Å². The van der Waals surface area contributed by atoms with Crippen LogP contribution in [0, 0.1) is 5.41 Å². The first-order valence-corrected chi connectivity index (χ1v) is 9.49. The van der Waals surface area contributed by atoms with Crippen molar-refractivity contribution in [2.45, 2.75) is 57.6 Å². The van der Waals surface area contributed by atoms with E-state index in [4.69, 9.17) is 4.74 Å². The zero-order valence-electron chi connectivity index (χ0n) is 17.1. The summed E-state index contributed by atoms with van der Waals surface area (Å²) in [5.41, 5.74) is 1.33. The summed E-state index contributed by atoms with van der Waals surface area (Å²) >= 11 is 0. The van der Waals surface area contributed by atoms with Crippen molar-refractivity contribution in [1.29, 1.82) is 0 Å². The van der Waals surface area contributed by atoms with E-state index >= 15 is 0 Å². The summed E-state index contributed by atoms with van der Waals surface area (Å²) in [6, 6.07) is 6.41. The lowest BCUT2D eigenvalue weighted by Gasteiger charge is -2.30. The van der Waals surface area contributed by atoms with E-state index in [1.807, 2.05) is 32.9 Å². The van der Waals surface area contributed by atoms with Crippen molar-refractivity contribution >= 4 is 17.5 Å². The van der Waals surface area contributed by atoms with Crippen molar-refractivity contribution in [1.82, 2.24) is 5.32 Å². The van der Waals surface area contributed by atoms with E-state index in [1.165, 1.54) is 13.2 Å². The number of benzene rings is 1. The fourth-order valence-corrected chi connectivity index (χ4v) is 3.01. The normalized spacial score (nSPS) is 21.1. The van der Waals surface area contributed by atoms with Crippen LogP contribution >= 0.6 is 0 Å². The van der Waals surface area contributed by atoms with Crippen molar-refractivity contribution in [3.05, 3.63) is 42.0 Å². The number of allylic oxidation sites excluding steroid dienone is 1. The molecule has 2 rings (SSSR count). The molecule has 0 bridgehead atoms. The molecule has 8 nitrogen and oxygen atoms in total. The van der Waals surface area contributed by atoms with Crippen LogP contribution in [0.4, 0.5) is 5.69 Å². The molecule has 8 heteroatoms. The first-order valence-electron chi connectivity index (χ1n) is 9.49. The molecule has 0 aliphatic carbocycles. The smallest absolute Gasteiger partial charge is 0.252 e. The molecule has 1 aromatic rings. The number of amides is 2. The third-order valence-corrected chi connectivity index (χ3v) is 4.65. The average Bonchev–Trinajstić information content (AvgIpc) is 2.65. The lowest BCUT2D eigenvalue weighted by Crippen LogP contribution is -2.56. The summed E-state index contributed by atoms with van der Waals surface area (Å²) in [4.78, 5) is 24.9. The van der Waals surface area contributed by atoms with Gasteiger partial charge in [0.05, 0.1) is 0 Å². The van der Waals surface area contributed by atoms with Gasteiger partial charge in [-0.3, -0.25) is 9.59 Å². The van der Waals surface area contributed by atoms with E-state index in [2.05, 4.69) is 10.6 Å². The van der Waals surface area contributed by atoms with Crippen LogP contribution in [0.15, 0.2) is 36.4 Å². The first-order chi connectivity index (χ1) is 13.5. The number of fused-ring (bicyclic) bond motifs is 1. The molecule has 2 amide bonds. The molecule has 5 N–H and O–H groups in total. The number of nitrogens with one attached hydrogen (secondary N) is 2. The number of ether oxygens (including phenoxy) is 1. The Morgan fingerprint density at radius 1 is 1.24 bits per heavy atom. The Morgan fingerprint density at radius 2 is 1.90 bits per heavy atom. The second kappa shape index (κ2) is 9.49. The molecule has 1 unspecified atom stereocenters. The van der Waals surface area contributed by atoms with Gasteiger partial charge in [0.25, 0.3) is 5.91 Å². The maximum absolute atomic E-state index is 12.6. The second-order valence-electron chi connectivity index (χ2n) is 8.26. The van der Waals surface area contributed by atoms with Gasteiger partial charge < -0.3 is 30.7 Å². The highest BCUT2D eigenvalue weighted by Gasteiger charge is 2.37. The number of hydrogen-bond acceptors (Lipinski definition) is 6. The Labute approximate surface area is 170 Å². The van der Waals surface area contributed by atoms with Crippen molar-refractivity contribution < 1.29 is 29.6 Å². The highest BCUT2D eigenvalue weighted by Crippen LogP contribution is 2.22. The minimum atomic E-state index is -1.70. The third kappa shape index (κ3) is 6.11. The fraction of sp³-hybridized carbons (Fsp3) is 0.524. The molecule has 0 spiro atoms. The molecule has 1 aliphatic rings. The molecule has 1 aromatic carbocycles. The van der Waals surface area contributed by atoms with Crippen LogP contribution in [0.1, 0.15) is 26.3 Å². The topological polar surface area (TPSA) is 128 Å². The van der Waals surface area contributed by atoms with Gasteiger partial charge in [0.1, 0.15) is 24.4 Å².